The van der Waals surface area contributed by atoms with E-state index in [1.807, 2.05) is 6.08 Å². The highest BCUT2D eigenvalue weighted by Gasteiger charge is 2.29. The third-order valence-corrected chi connectivity index (χ3v) is 11.8. The molecule has 340 valence electrons. The van der Waals surface area contributed by atoms with Gasteiger partial charge in [0, 0.05) is 97.2 Å². The lowest BCUT2D eigenvalue weighted by atomic mass is 10.3. The molecule has 0 aromatic heterocycles. The van der Waals surface area contributed by atoms with E-state index in [0.717, 1.165) is 18.6 Å². The van der Waals surface area contributed by atoms with Crippen LogP contribution in [0.25, 0.3) is 0 Å². The molecule has 6 rings (SSSR count). The quantitative estimate of drug-likeness (QED) is 0.296. The lowest BCUT2D eigenvalue weighted by Crippen LogP contribution is -2.44. The Morgan fingerprint density at radius 2 is 0.804 bits per heavy atom. The second kappa shape index (κ2) is 36.2. The van der Waals surface area contributed by atoms with Crippen LogP contribution < -0.4 is 0 Å². The van der Waals surface area contributed by atoms with Gasteiger partial charge >= 0.3 is 0 Å². The molecule has 56 heavy (non-hydrogen) atoms. The van der Waals surface area contributed by atoms with Gasteiger partial charge in [-0.25, -0.2) is 0 Å². The summed E-state index contributed by atoms with van der Waals surface area (Å²) in [5.41, 5.74) is 0. The lowest BCUT2D eigenvalue weighted by molar-refractivity contribution is 0.160. The van der Waals surface area contributed by atoms with Crippen molar-refractivity contribution in [2.75, 3.05) is 186 Å². The molecule has 6 aliphatic rings. The van der Waals surface area contributed by atoms with E-state index in [-0.39, 0.29) is 29.7 Å². The van der Waals surface area contributed by atoms with Crippen molar-refractivity contribution >= 4 is 0 Å². The maximum absolute atomic E-state index is 3.75. The molecule has 6 fully saturated rings. The standard InChI is InChI=1S/C9H18N2.C9H20N2.C9H18N2.C8H18N2.C7H16N2.4CH4/c1-10-5-2-6-11(8-7-10)9-3-4-9;1-9(2)11-6-4-5-10(3)7-8-11;1-3-5-11-7-4-6-10(2)8-9-11;1-3-10-6-4-5-9(2)7-8-10;1-3-9-6-4-8(2)5-7-9;;;;/h9H,2-8H2,1H3;9H,4-8H2,1-3H3;3H,1,4-9H2,2H3;3-8H2,1-2H3;3-7H2,1-2H3;4*1H4. The van der Waals surface area contributed by atoms with Gasteiger partial charge in [0.15, 0.2) is 0 Å². The largest absolute Gasteiger partial charge is 0.305 e. The summed E-state index contributed by atoms with van der Waals surface area (Å²) in [5.74, 6) is 0. The lowest BCUT2D eigenvalue weighted by Gasteiger charge is -2.31. The number of hydrogen-bond acceptors (Lipinski definition) is 10. The van der Waals surface area contributed by atoms with Crippen molar-refractivity contribution in [3.05, 3.63) is 12.7 Å². The summed E-state index contributed by atoms with van der Waals surface area (Å²) in [6.07, 6.45) is 10.2. The van der Waals surface area contributed by atoms with Crippen LogP contribution in [0.15, 0.2) is 12.7 Å². The van der Waals surface area contributed by atoms with Crippen LogP contribution >= 0.6 is 0 Å². The molecule has 0 radical (unpaired) electrons. The van der Waals surface area contributed by atoms with E-state index in [1.54, 1.807) is 0 Å². The molecule has 0 unspecified atom stereocenters. The van der Waals surface area contributed by atoms with Gasteiger partial charge in [0.1, 0.15) is 0 Å². The van der Waals surface area contributed by atoms with Crippen molar-refractivity contribution in [3.63, 3.8) is 0 Å². The average molecular weight is 799 g/mol. The van der Waals surface area contributed by atoms with Gasteiger partial charge in [-0.1, -0.05) is 49.6 Å². The van der Waals surface area contributed by atoms with E-state index in [2.05, 4.69) is 119 Å². The van der Waals surface area contributed by atoms with E-state index in [4.69, 9.17) is 0 Å². The summed E-state index contributed by atoms with van der Waals surface area (Å²) >= 11 is 0. The fraction of sp³-hybridized carbons (Fsp3) is 0.957. The van der Waals surface area contributed by atoms with Gasteiger partial charge in [-0.2, -0.15) is 0 Å². The zero-order valence-electron chi connectivity index (χ0n) is 36.4. The van der Waals surface area contributed by atoms with Gasteiger partial charge in [0.2, 0.25) is 0 Å². The molecule has 10 heteroatoms. The van der Waals surface area contributed by atoms with E-state index >= 15 is 0 Å². The molecule has 1 aliphatic carbocycles. The van der Waals surface area contributed by atoms with Crippen molar-refractivity contribution < 1.29 is 0 Å². The fourth-order valence-electron chi connectivity index (χ4n) is 7.50. The van der Waals surface area contributed by atoms with Gasteiger partial charge in [-0.05, 0) is 153 Å². The van der Waals surface area contributed by atoms with Crippen LogP contribution in [0.1, 0.15) is 95.9 Å². The van der Waals surface area contributed by atoms with Crippen molar-refractivity contribution in [1.29, 1.82) is 0 Å². The summed E-state index contributed by atoms with van der Waals surface area (Å²) in [5, 5.41) is 0. The highest BCUT2D eigenvalue weighted by Crippen LogP contribution is 2.27. The normalized spacial score (nSPS) is 23.5. The second-order valence-corrected chi connectivity index (χ2v) is 16.8. The van der Waals surface area contributed by atoms with Crippen LogP contribution in [0.3, 0.4) is 0 Å². The SMILES string of the molecule is C.C.C.C.C=CCN1CCCN(C)CC1.CC(C)N1CCCN(C)CC1.CCN1CCCN(C)CC1.CCN1CCN(C)CC1.CN1CCCN(C2CC2)CC1. The Bertz CT molecular complexity index is 828. The molecule has 0 amide bonds. The molecule has 5 saturated heterocycles. The Balaban J connectivity index is -0.000000617. The van der Waals surface area contributed by atoms with Crippen LogP contribution in [0.2, 0.25) is 0 Å². The Morgan fingerprint density at radius 1 is 0.446 bits per heavy atom. The molecule has 0 aromatic rings. The van der Waals surface area contributed by atoms with E-state index in [0.29, 0.717) is 0 Å². The van der Waals surface area contributed by atoms with Gasteiger partial charge in [0.05, 0.1) is 0 Å². The van der Waals surface area contributed by atoms with Crippen molar-refractivity contribution in [3.8, 4) is 0 Å². The Kier molecular flexibility index (Phi) is 38.6. The molecule has 10 nitrogen and oxygen atoms in total. The Hall–Kier alpha value is -0.660. The smallest absolute Gasteiger partial charge is 0.0161 e. The Labute approximate surface area is 354 Å². The number of rotatable bonds is 6. The highest BCUT2D eigenvalue weighted by atomic mass is 15.3. The first-order valence-electron chi connectivity index (χ1n) is 21.7. The van der Waals surface area contributed by atoms with Crippen molar-refractivity contribution in [2.45, 2.75) is 108 Å². The minimum absolute atomic E-state index is 0. The monoisotopic (exact) mass is 799 g/mol. The number of hydrogen-bond donors (Lipinski definition) is 0. The molecule has 5 aliphatic heterocycles. The Morgan fingerprint density at radius 3 is 1.23 bits per heavy atom. The molecular formula is C46H106N10. The van der Waals surface area contributed by atoms with Crippen LogP contribution in [0, 0.1) is 0 Å². The molecule has 0 N–H and O–H groups in total. The summed E-state index contributed by atoms with van der Waals surface area (Å²) in [6, 6.07) is 1.70. The molecule has 1 saturated carbocycles. The van der Waals surface area contributed by atoms with Crippen LogP contribution in [0.5, 0.6) is 0 Å². The van der Waals surface area contributed by atoms with Gasteiger partial charge < -0.3 is 34.3 Å². The first kappa shape index (κ1) is 59.7. The maximum atomic E-state index is 3.75. The first-order valence-corrected chi connectivity index (χ1v) is 21.7. The van der Waals surface area contributed by atoms with Gasteiger partial charge in [-0.3, -0.25) is 14.7 Å². The third kappa shape index (κ3) is 28.7. The average Bonchev–Trinajstić information content (AvgIpc) is 4.01. The predicted molar refractivity (Wildman–Crippen MR) is 255 cm³/mol. The highest BCUT2D eigenvalue weighted by molar-refractivity contribution is 4.86. The number of nitrogens with zero attached hydrogens (tertiary/aromatic N) is 10. The summed E-state index contributed by atoms with van der Waals surface area (Å²) in [4.78, 5) is 24.7. The van der Waals surface area contributed by atoms with E-state index in [9.17, 15) is 0 Å². The summed E-state index contributed by atoms with van der Waals surface area (Å²) in [6.45, 7) is 41.5. The van der Waals surface area contributed by atoms with Gasteiger partial charge in [-0.15, -0.1) is 6.58 Å². The molecule has 0 aromatic carbocycles. The summed E-state index contributed by atoms with van der Waals surface area (Å²) < 4.78 is 0. The molecule has 5 heterocycles. The summed E-state index contributed by atoms with van der Waals surface area (Å²) in [7, 11) is 11.0. The molecular weight excluding hydrogens is 693 g/mol. The zero-order chi connectivity index (χ0) is 38.1. The van der Waals surface area contributed by atoms with Crippen molar-refractivity contribution in [1.82, 2.24) is 49.0 Å². The minimum atomic E-state index is 0. The molecule has 0 bridgehead atoms. The third-order valence-electron chi connectivity index (χ3n) is 11.8. The zero-order valence-corrected chi connectivity index (χ0v) is 36.4. The van der Waals surface area contributed by atoms with E-state index < -0.39 is 0 Å². The predicted octanol–water partition coefficient (Wildman–Crippen LogP) is 6.07. The second-order valence-electron chi connectivity index (χ2n) is 16.8. The molecule has 0 spiro atoms. The maximum Gasteiger partial charge on any atom is 0.0161 e. The molecule has 0 atom stereocenters. The van der Waals surface area contributed by atoms with Gasteiger partial charge in [0.25, 0.3) is 0 Å². The van der Waals surface area contributed by atoms with Crippen molar-refractivity contribution in [2.24, 2.45) is 0 Å². The number of piperazine rings is 1. The van der Waals surface area contributed by atoms with Crippen LogP contribution in [-0.4, -0.2) is 247 Å². The number of likely N-dealkylation sites (N-methyl/N-ethyl adjacent to an activating group) is 7. The fourth-order valence-corrected chi connectivity index (χ4v) is 7.50. The van der Waals surface area contributed by atoms with E-state index in [1.165, 1.54) is 183 Å². The topological polar surface area (TPSA) is 32.4 Å². The van der Waals surface area contributed by atoms with Crippen LogP contribution in [0.4, 0.5) is 0 Å². The minimum Gasteiger partial charge on any atom is -0.305 e. The first-order chi connectivity index (χ1) is 25.0. The van der Waals surface area contributed by atoms with Crippen LogP contribution in [-0.2, 0) is 0 Å².